The van der Waals surface area contributed by atoms with Crippen molar-refractivity contribution >= 4 is 100 Å². The van der Waals surface area contributed by atoms with E-state index in [0.717, 1.165) is 47.0 Å². The van der Waals surface area contributed by atoms with Gasteiger partial charge in [0.15, 0.2) is 0 Å². The molecular formula is C80H57N5. The maximum Gasteiger partial charge on any atom is 0.0629 e. The summed E-state index contributed by atoms with van der Waals surface area (Å²) in [7, 11) is 0. The molecule has 0 saturated carbocycles. The van der Waals surface area contributed by atoms with Crippen LogP contribution < -0.4 is 14.7 Å². The number of rotatable bonds is 10. The Balaban J connectivity index is 0.890. The lowest BCUT2D eigenvalue weighted by atomic mass is 9.90. The highest BCUT2D eigenvalue weighted by molar-refractivity contribution is 6.12. The van der Waals surface area contributed by atoms with Gasteiger partial charge < -0.3 is 23.8 Å². The van der Waals surface area contributed by atoms with Gasteiger partial charge in [0, 0.05) is 89.6 Å². The summed E-state index contributed by atoms with van der Waals surface area (Å²) < 4.78 is 4.95. The van der Waals surface area contributed by atoms with Crippen molar-refractivity contribution in [3.05, 3.63) is 326 Å². The third-order valence-corrected chi connectivity index (χ3v) is 18.1. The summed E-state index contributed by atoms with van der Waals surface area (Å²) in [5.41, 5.74) is 21.5. The van der Waals surface area contributed by atoms with Gasteiger partial charge in [0.05, 0.1) is 34.0 Å². The fourth-order valence-electron chi connectivity index (χ4n) is 14.3. The van der Waals surface area contributed by atoms with Crippen LogP contribution in [0.4, 0.5) is 39.8 Å². The Morgan fingerprint density at radius 2 is 0.882 bits per heavy atom. The number of hydrogen-bond donors (Lipinski definition) is 0. The second-order valence-corrected chi connectivity index (χ2v) is 22.7. The molecule has 0 bridgehead atoms. The molecule has 0 saturated heterocycles. The summed E-state index contributed by atoms with van der Waals surface area (Å²) in [6.07, 6.45) is 13.4. The predicted molar refractivity (Wildman–Crippen MR) is 357 cm³/mol. The van der Waals surface area contributed by atoms with Crippen LogP contribution in [0.2, 0.25) is 0 Å². The van der Waals surface area contributed by atoms with Gasteiger partial charge in [-0.05, 0) is 156 Å². The number of allylic oxidation sites excluding steroid dienone is 3. The molecule has 5 heteroatoms. The second-order valence-electron chi connectivity index (χ2n) is 22.7. The third-order valence-electron chi connectivity index (χ3n) is 18.1. The molecule has 5 nitrogen and oxygen atoms in total. The Bertz CT molecular complexity index is 5020. The predicted octanol–water partition coefficient (Wildman–Crippen LogP) is 21.0. The number of anilines is 7. The molecule has 0 fully saturated rings. The van der Waals surface area contributed by atoms with Gasteiger partial charge in [-0.25, -0.2) is 0 Å². The van der Waals surface area contributed by atoms with Gasteiger partial charge in [-0.3, -0.25) is 0 Å². The SMILES string of the molecule is C1=CC2c3cc(N(C4=Cc5c(n(-c6ccc(-c7ccccc7)cc6)c6ccc(N(c7ccc8c(c7)c7ccccc7n8-c7ccccc7)c7cccc8ccccc78)cc56)CC4)c4cccc5ccccc45)ccc3N(c3ccccc3)C2C=C1. The lowest BCUT2D eigenvalue weighted by Crippen LogP contribution is -2.28. The van der Waals surface area contributed by atoms with Crippen molar-refractivity contribution in [2.45, 2.75) is 24.8 Å². The van der Waals surface area contributed by atoms with Crippen LogP contribution in [-0.4, -0.2) is 15.2 Å². The summed E-state index contributed by atoms with van der Waals surface area (Å²) in [5, 5.41) is 8.46. The smallest absolute Gasteiger partial charge is 0.0629 e. The van der Waals surface area contributed by atoms with Gasteiger partial charge in [0.1, 0.15) is 0 Å². The van der Waals surface area contributed by atoms with Crippen LogP contribution in [0, 0.1) is 0 Å². The first kappa shape index (κ1) is 48.8. The maximum absolute atomic E-state index is 2.58. The van der Waals surface area contributed by atoms with E-state index in [1.807, 2.05) is 0 Å². The van der Waals surface area contributed by atoms with Crippen molar-refractivity contribution in [3.63, 3.8) is 0 Å². The Morgan fingerprint density at radius 1 is 0.353 bits per heavy atom. The fraction of sp³-hybridized carbons (Fsp3) is 0.0500. The van der Waals surface area contributed by atoms with E-state index in [0.29, 0.717) is 0 Å². The Kier molecular flexibility index (Phi) is 11.4. The molecule has 14 aromatic rings. The average Bonchev–Trinajstić information content (AvgIpc) is 2.15. The van der Waals surface area contributed by atoms with E-state index in [9.17, 15) is 0 Å². The first-order valence-corrected chi connectivity index (χ1v) is 29.7. The zero-order chi connectivity index (χ0) is 56.0. The van der Waals surface area contributed by atoms with E-state index < -0.39 is 0 Å². The van der Waals surface area contributed by atoms with Crippen molar-refractivity contribution in [1.29, 1.82) is 0 Å². The lowest BCUT2D eigenvalue weighted by Gasteiger charge is -2.32. The monoisotopic (exact) mass is 1090 g/mol. The van der Waals surface area contributed by atoms with E-state index in [2.05, 4.69) is 333 Å². The minimum Gasteiger partial charge on any atom is -0.333 e. The highest BCUT2D eigenvalue weighted by Crippen LogP contribution is 2.52. The molecule has 17 rings (SSSR count). The largest absolute Gasteiger partial charge is 0.333 e. The van der Waals surface area contributed by atoms with Crippen LogP contribution in [0.15, 0.2) is 309 Å². The van der Waals surface area contributed by atoms with Crippen LogP contribution in [0.25, 0.3) is 82.8 Å². The summed E-state index contributed by atoms with van der Waals surface area (Å²) >= 11 is 0. The maximum atomic E-state index is 2.58. The first-order chi connectivity index (χ1) is 42.2. The highest BCUT2D eigenvalue weighted by atomic mass is 15.2. The summed E-state index contributed by atoms with van der Waals surface area (Å²) in [4.78, 5) is 7.61. The normalized spacial score (nSPS) is 15.2. The summed E-state index contributed by atoms with van der Waals surface area (Å²) in [6.45, 7) is 0. The van der Waals surface area contributed by atoms with Crippen LogP contribution >= 0.6 is 0 Å². The number of hydrogen-bond acceptors (Lipinski definition) is 3. The zero-order valence-corrected chi connectivity index (χ0v) is 46.7. The molecule has 2 aliphatic carbocycles. The first-order valence-electron chi connectivity index (χ1n) is 29.7. The van der Waals surface area contributed by atoms with Gasteiger partial charge in [0.25, 0.3) is 0 Å². The van der Waals surface area contributed by atoms with Gasteiger partial charge in [-0.2, -0.15) is 0 Å². The van der Waals surface area contributed by atoms with Crippen molar-refractivity contribution in [2.24, 2.45) is 0 Å². The highest BCUT2D eigenvalue weighted by Gasteiger charge is 2.38. The molecule has 3 heterocycles. The lowest BCUT2D eigenvalue weighted by molar-refractivity contribution is 0.744. The van der Waals surface area contributed by atoms with Crippen molar-refractivity contribution in [3.8, 4) is 22.5 Å². The molecule has 2 atom stereocenters. The van der Waals surface area contributed by atoms with Crippen molar-refractivity contribution < 1.29 is 0 Å². The fourth-order valence-corrected chi connectivity index (χ4v) is 14.3. The van der Waals surface area contributed by atoms with E-state index in [1.165, 1.54) is 105 Å². The van der Waals surface area contributed by atoms with Crippen molar-refractivity contribution in [2.75, 3.05) is 14.7 Å². The van der Waals surface area contributed by atoms with E-state index in [1.54, 1.807) is 0 Å². The number of aromatic nitrogens is 2. The molecule has 2 aromatic heterocycles. The topological polar surface area (TPSA) is 19.6 Å². The minimum atomic E-state index is 0.187. The Labute approximate surface area is 494 Å². The van der Waals surface area contributed by atoms with Crippen LogP contribution in [0.3, 0.4) is 0 Å². The third kappa shape index (κ3) is 7.99. The van der Waals surface area contributed by atoms with Crippen LogP contribution in [0.1, 0.15) is 29.2 Å². The molecule has 0 amide bonds. The molecule has 3 aliphatic rings. The molecule has 402 valence electrons. The number of para-hydroxylation sites is 3. The molecule has 1 aliphatic heterocycles. The Morgan fingerprint density at radius 3 is 1.60 bits per heavy atom. The van der Waals surface area contributed by atoms with Crippen molar-refractivity contribution in [1.82, 2.24) is 9.13 Å². The van der Waals surface area contributed by atoms with E-state index in [-0.39, 0.29) is 12.0 Å². The molecule has 12 aromatic carbocycles. The molecule has 2 unspecified atom stereocenters. The second kappa shape index (κ2) is 19.9. The summed E-state index contributed by atoms with van der Waals surface area (Å²) in [6, 6.07) is 103. The van der Waals surface area contributed by atoms with Crippen LogP contribution in [0.5, 0.6) is 0 Å². The minimum absolute atomic E-state index is 0.187. The zero-order valence-electron chi connectivity index (χ0n) is 46.7. The molecule has 0 radical (unpaired) electrons. The summed E-state index contributed by atoms with van der Waals surface area (Å²) in [5.74, 6) is 0.207. The number of benzene rings is 12. The van der Waals surface area contributed by atoms with Gasteiger partial charge >= 0.3 is 0 Å². The average molecular weight is 1090 g/mol. The standard InChI is InChI=1S/C80H57N5/c1-4-20-54(21-5-1)55-38-40-60(41-39-55)85-79-48-44-63(81(73-36-18-24-56-22-10-12-30-65(56)73)61-42-46-77-69(50-61)67-32-14-16-34-75(67)83(77)58-26-6-2-7-27-58)52-71(79)72-53-64(45-49-80(72)85)82(74-37-19-25-57-23-11-13-31-66(57)74)62-43-47-78-70(51-62)68-33-15-17-35-76(68)84(78)59-28-8-3-9-29-59/h1-44,46-48,50-53,68,76H,45,49H2. The van der Waals surface area contributed by atoms with E-state index in [4.69, 9.17) is 0 Å². The van der Waals surface area contributed by atoms with Gasteiger partial charge in [-0.15, -0.1) is 0 Å². The molecule has 0 N–H and O–H groups in total. The number of fused-ring (bicyclic) bond motifs is 11. The molecule has 85 heavy (non-hydrogen) atoms. The molecular weight excluding hydrogens is 1030 g/mol. The van der Waals surface area contributed by atoms with Gasteiger partial charge in [0.2, 0.25) is 0 Å². The Hall–Kier alpha value is -10.9. The number of nitrogens with zero attached hydrogens (tertiary/aromatic N) is 5. The van der Waals surface area contributed by atoms with Crippen LogP contribution in [-0.2, 0) is 6.42 Å². The van der Waals surface area contributed by atoms with Gasteiger partial charge in [-0.1, -0.05) is 194 Å². The molecule has 0 spiro atoms. The quantitative estimate of drug-likeness (QED) is 0.136. The van der Waals surface area contributed by atoms with E-state index >= 15 is 0 Å².